The molecule has 2 saturated carbocycles. The summed E-state index contributed by atoms with van der Waals surface area (Å²) in [4.78, 5) is 33.9. The van der Waals surface area contributed by atoms with Crippen LogP contribution in [-0.2, 0) is 9.59 Å². The Morgan fingerprint density at radius 3 is 2.50 bits per heavy atom. The molecule has 7 heteroatoms. The van der Waals surface area contributed by atoms with E-state index in [0.29, 0.717) is 50.1 Å². The molecule has 4 rings (SSSR count). The van der Waals surface area contributed by atoms with Crippen molar-refractivity contribution in [3.63, 3.8) is 0 Å². The number of hydrogen-bond donors (Lipinski definition) is 0. The topological polar surface area (TPSA) is 79.5 Å². The Balaban J connectivity index is 1.51. The Morgan fingerprint density at radius 1 is 1.08 bits per heavy atom. The molecule has 1 saturated heterocycles. The third-order valence-electron chi connectivity index (χ3n) is 5.99. The largest absolute Gasteiger partial charge is 0.341 e. The lowest BCUT2D eigenvalue weighted by Gasteiger charge is -2.29. The van der Waals surface area contributed by atoms with E-state index in [4.69, 9.17) is 4.52 Å². The SMILES string of the molecule is Cc1noc(C2CCN(C(=O)CC3CC3)CCN2C(=O)C2CCCC2)n1. The van der Waals surface area contributed by atoms with Gasteiger partial charge in [0.15, 0.2) is 5.82 Å². The monoisotopic (exact) mass is 360 g/mol. The molecule has 0 radical (unpaired) electrons. The number of nitrogens with zero attached hydrogens (tertiary/aromatic N) is 4. The molecular weight excluding hydrogens is 332 g/mol. The first-order chi connectivity index (χ1) is 12.6. The second-order valence-electron chi connectivity index (χ2n) is 8.03. The quantitative estimate of drug-likeness (QED) is 0.824. The van der Waals surface area contributed by atoms with Crippen molar-refractivity contribution < 1.29 is 14.1 Å². The number of hydrogen-bond acceptors (Lipinski definition) is 5. The molecule has 2 heterocycles. The highest BCUT2D eigenvalue weighted by Gasteiger charge is 2.37. The molecule has 7 nitrogen and oxygen atoms in total. The summed E-state index contributed by atoms with van der Waals surface area (Å²) in [6.45, 7) is 3.59. The Kier molecular flexibility index (Phi) is 4.96. The van der Waals surface area contributed by atoms with Crippen LogP contribution in [0.3, 0.4) is 0 Å². The molecule has 142 valence electrons. The summed E-state index contributed by atoms with van der Waals surface area (Å²) >= 11 is 0. The molecule has 0 bridgehead atoms. The van der Waals surface area contributed by atoms with Crippen LogP contribution in [0.4, 0.5) is 0 Å². The lowest BCUT2D eigenvalue weighted by Crippen LogP contribution is -2.41. The van der Waals surface area contributed by atoms with E-state index in [2.05, 4.69) is 10.1 Å². The lowest BCUT2D eigenvalue weighted by molar-refractivity contribution is -0.139. The van der Waals surface area contributed by atoms with Gasteiger partial charge in [-0.2, -0.15) is 4.98 Å². The van der Waals surface area contributed by atoms with E-state index < -0.39 is 0 Å². The average Bonchev–Trinajstić information content (AvgIpc) is 3.14. The van der Waals surface area contributed by atoms with Crippen LogP contribution in [0.25, 0.3) is 0 Å². The van der Waals surface area contributed by atoms with E-state index in [1.54, 1.807) is 6.92 Å². The van der Waals surface area contributed by atoms with E-state index in [1.165, 1.54) is 12.8 Å². The first-order valence-electron chi connectivity index (χ1n) is 10.0. The highest BCUT2D eigenvalue weighted by Crippen LogP contribution is 2.35. The van der Waals surface area contributed by atoms with Crippen molar-refractivity contribution in [2.24, 2.45) is 11.8 Å². The summed E-state index contributed by atoms with van der Waals surface area (Å²) in [7, 11) is 0. The van der Waals surface area contributed by atoms with Crippen LogP contribution < -0.4 is 0 Å². The number of amides is 2. The van der Waals surface area contributed by atoms with Gasteiger partial charge in [-0.25, -0.2) is 0 Å². The van der Waals surface area contributed by atoms with E-state index in [-0.39, 0.29) is 23.8 Å². The summed E-state index contributed by atoms with van der Waals surface area (Å²) < 4.78 is 5.41. The van der Waals surface area contributed by atoms with Crippen LogP contribution >= 0.6 is 0 Å². The van der Waals surface area contributed by atoms with E-state index in [1.807, 2.05) is 9.80 Å². The van der Waals surface area contributed by atoms with E-state index in [9.17, 15) is 9.59 Å². The zero-order valence-corrected chi connectivity index (χ0v) is 15.5. The van der Waals surface area contributed by atoms with Crippen LogP contribution in [0.1, 0.15) is 69.1 Å². The van der Waals surface area contributed by atoms with Crippen molar-refractivity contribution in [1.29, 1.82) is 0 Å². The maximum atomic E-state index is 13.1. The van der Waals surface area contributed by atoms with Crippen molar-refractivity contribution in [3.8, 4) is 0 Å². The van der Waals surface area contributed by atoms with Crippen molar-refractivity contribution in [2.45, 2.75) is 64.3 Å². The Morgan fingerprint density at radius 2 is 1.85 bits per heavy atom. The molecule has 2 amide bonds. The molecule has 26 heavy (non-hydrogen) atoms. The molecule has 2 aliphatic carbocycles. The van der Waals surface area contributed by atoms with Crippen LogP contribution in [0.2, 0.25) is 0 Å². The van der Waals surface area contributed by atoms with Crippen molar-refractivity contribution in [2.75, 3.05) is 19.6 Å². The summed E-state index contributed by atoms with van der Waals surface area (Å²) in [5, 5.41) is 3.91. The molecule has 3 fully saturated rings. The normalized spacial score (nSPS) is 24.7. The molecule has 0 spiro atoms. The van der Waals surface area contributed by atoms with Gasteiger partial charge < -0.3 is 14.3 Å². The second kappa shape index (κ2) is 7.37. The minimum Gasteiger partial charge on any atom is -0.341 e. The standard InChI is InChI=1S/C19H28N4O3/c1-13-20-18(26-21-13)16-8-9-22(17(24)12-14-6-7-14)10-11-23(16)19(25)15-4-2-3-5-15/h14-16H,2-12H2,1H3. The number of rotatable bonds is 4. The molecule has 1 aliphatic heterocycles. The molecule has 1 unspecified atom stereocenters. The van der Waals surface area contributed by atoms with Gasteiger partial charge in [-0.15, -0.1) is 0 Å². The van der Waals surface area contributed by atoms with E-state index in [0.717, 1.165) is 25.7 Å². The van der Waals surface area contributed by atoms with Crippen LogP contribution in [-0.4, -0.2) is 51.4 Å². The van der Waals surface area contributed by atoms with Gasteiger partial charge in [0.25, 0.3) is 0 Å². The molecule has 3 aliphatic rings. The Hall–Kier alpha value is -1.92. The van der Waals surface area contributed by atoms with Gasteiger partial charge in [0, 0.05) is 32.0 Å². The predicted octanol–water partition coefficient (Wildman–Crippen LogP) is 2.47. The number of carbonyl (C=O) groups excluding carboxylic acids is 2. The second-order valence-corrected chi connectivity index (χ2v) is 8.03. The first-order valence-corrected chi connectivity index (χ1v) is 10.0. The van der Waals surface area contributed by atoms with Gasteiger partial charge in [0.05, 0.1) is 0 Å². The third kappa shape index (κ3) is 3.76. The molecule has 0 N–H and O–H groups in total. The van der Waals surface area contributed by atoms with Crippen LogP contribution in [0.5, 0.6) is 0 Å². The third-order valence-corrected chi connectivity index (χ3v) is 5.99. The van der Waals surface area contributed by atoms with E-state index >= 15 is 0 Å². The molecule has 0 aromatic carbocycles. The molecular formula is C19H28N4O3. The molecule has 1 aromatic rings. The molecule has 1 aromatic heterocycles. The van der Waals surface area contributed by atoms with Crippen LogP contribution in [0.15, 0.2) is 4.52 Å². The number of carbonyl (C=O) groups is 2. The fourth-order valence-corrected chi connectivity index (χ4v) is 4.25. The Labute approximate surface area is 154 Å². The minimum atomic E-state index is -0.219. The van der Waals surface area contributed by atoms with Gasteiger partial charge in [-0.1, -0.05) is 18.0 Å². The van der Waals surface area contributed by atoms with Crippen molar-refractivity contribution in [3.05, 3.63) is 11.7 Å². The summed E-state index contributed by atoms with van der Waals surface area (Å²) in [6.07, 6.45) is 7.86. The zero-order chi connectivity index (χ0) is 18.1. The fourth-order valence-electron chi connectivity index (χ4n) is 4.25. The van der Waals surface area contributed by atoms with Gasteiger partial charge in [0.1, 0.15) is 6.04 Å². The number of aromatic nitrogens is 2. The number of aryl methyl sites for hydroxylation is 1. The average molecular weight is 360 g/mol. The minimum absolute atomic E-state index is 0.107. The molecule has 1 atom stereocenters. The van der Waals surface area contributed by atoms with Gasteiger partial charge in [0.2, 0.25) is 17.7 Å². The fraction of sp³-hybridized carbons (Fsp3) is 0.789. The van der Waals surface area contributed by atoms with Gasteiger partial charge in [-0.3, -0.25) is 9.59 Å². The summed E-state index contributed by atoms with van der Waals surface area (Å²) in [5.41, 5.74) is 0. The maximum Gasteiger partial charge on any atom is 0.249 e. The van der Waals surface area contributed by atoms with Crippen molar-refractivity contribution >= 4 is 11.8 Å². The zero-order valence-electron chi connectivity index (χ0n) is 15.5. The van der Waals surface area contributed by atoms with Crippen LogP contribution in [0, 0.1) is 18.8 Å². The van der Waals surface area contributed by atoms with Gasteiger partial charge >= 0.3 is 0 Å². The first kappa shape index (κ1) is 17.5. The Bertz CT molecular complexity index is 663. The maximum absolute atomic E-state index is 13.1. The summed E-state index contributed by atoms with van der Waals surface area (Å²) in [6, 6.07) is -0.219. The predicted molar refractivity (Wildman–Crippen MR) is 94.0 cm³/mol. The lowest BCUT2D eigenvalue weighted by atomic mass is 10.0. The highest BCUT2D eigenvalue weighted by atomic mass is 16.5. The van der Waals surface area contributed by atoms with Crippen molar-refractivity contribution in [1.82, 2.24) is 19.9 Å². The highest BCUT2D eigenvalue weighted by molar-refractivity contribution is 5.80. The van der Waals surface area contributed by atoms with Gasteiger partial charge in [-0.05, 0) is 44.9 Å². The summed E-state index contributed by atoms with van der Waals surface area (Å²) in [5.74, 6) is 2.19. The smallest absolute Gasteiger partial charge is 0.249 e.